The second kappa shape index (κ2) is 9.11. The lowest BCUT2D eigenvalue weighted by atomic mass is 10.2. The van der Waals surface area contributed by atoms with Gasteiger partial charge in [0.1, 0.15) is 22.1 Å². The second-order valence-electron chi connectivity index (χ2n) is 6.62. The number of rotatable bonds is 7. The number of amides is 1. The van der Waals surface area contributed by atoms with Crippen LogP contribution in [-0.4, -0.2) is 53.0 Å². The number of nitrogens with zero attached hydrogens (tertiary/aromatic N) is 1. The quantitative estimate of drug-likeness (QED) is 0.689. The zero-order chi connectivity index (χ0) is 21.9. The van der Waals surface area contributed by atoms with Gasteiger partial charge in [-0.25, -0.2) is 8.42 Å². The first-order chi connectivity index (χ1) is 14.3. The molecule has 0 radical (unpaired) electrons. The van der Waals surface area contributed by atoms with Crippen molar-refractivity contribution in [3.05, 3.63) is 40.9 Å². The maximum atomic E-state index is 13.0. The van der Waals surface area contributed by atoms with Crippen LogP contribution < -0.4 is 19.5 Å². The van der Waals surface area contributed by atoms with Gasteiger partial charge >= 0.3 is 0 Å². The predicted molar refractivity (Wildman–Crippen MR) is 113 cm³/mol. The number of halogens is 1. The summed E-state index contributed by atoms with van der Waals surface area (Å²) in [5.74, 6) is 0.370. The van der Waals surface area contributed by atoms with Crippen LogP contribution in [0, 0.1) is 0 Å². The number of benzene rings is 2. The Morgan fingerprint density at radius 2 is 1.60 bits per heavy atom. The molecule has 0 atom stereocenters. The van der Waals surface area contributed by atoms with E-state index in [1.807, 2.05) is 0 Å². The lowest BCUT2D eigenvalue weighted by molar-refractivity contribution is 0.102. The average molecular weight is 455 g/mol. The van der Waals surface area contributed by atoms with E-state index in [0.29, 0.717) is 35.3 Å². The van der Waals surface area contributed by atoms with E-state index in [4.69, 9.17) is 25.8 Å². The van der Waals surface area contributed by atoms with Gasteiger partial charge < -0.3 is 19.5 Å². The van der Waals surface area contributed by atoms with E-state index in [1.54, 1.807) is 0 Å². The van der Waals surface area contributed by atoms with Crippen LogP contribution in [0.15, 0.2) is 35.2 Å². The molecule has 0 aliphatic carbocycles. The molecular weight excluding hydrogens is 432 g/mol. The maximum absolute atomic E-state index is 13.0. The van der Waals surface area contributed by atoms with Crippen molar-refractivity contribution in [3.63, 3.8) is 0 Å². The van der Waals surface area contributed by atoms with Gasteiger partial charge in [-0.15, -0.1) is 0 Å². The normalized spacial score (nSPS) is 14.4. The van der Waals surface area contributed by atoms with Crippen molar-refractivity contribution < 1.29 is 27.4 Å². The third kappa shape index (κ3) is 4.33. The summed E-state index contributed by atoms with van der Waals surface area (Å²) in [6.45, 7) is 0.896. The minimum absolute atomic E-state index is 0.0415. The fourth-order valence-electron chi connectivity index (χ4n) is 3.24. The van der Waals surface area contributed by atoms with Crippen molar-refractivity contribution in [1.82, 2.24) is 4.31 Å². The zero-order valence-electron chi connectivity index (χ0n) is 16.9. The lowest BCUT2D eigenvalue weighted by Crippen LogP contribution is -2.28. The largest absolute Gasteiger partial charge is 0.495 e. The van der Waals surface area contributed by atoms with Crippen molar-refractivity contribution >= 4 is 33.2 Å². The minimum atomic E-state index is -3.77. The molecule has 30 heavy (non-hydrogen) atoms. The van der Waals surface area contributed by atoms with Crippen molar-refractivity contribution in [2.24, 2.45) is 0 Å². The summed E-state index contributed by atoms with van der Waals surface area (Å²) in [6.07, 6.45) is 1.61. The Kier molecular flexibility index (Phi) is 6.74. The van der Waals surface area contributed by atoms with Crippen LogP contribution in [0.1, 0.15) is 23.2 Å². The van der Waals surface area contributed by atoms with E-state index < -0.39 is 15.9 Å². The van der Waals surface area contributed by atoms with Gasteiger partial charge in [0.05, 0.1) is 32.0 Å². The number of hydrogen-bond acceptors (Lipinski definition) is 6. The number of ether oxygens (including phenoxy) is 3. The van der Waals surface area contributed by atoms with E-state index >= 15 is 0 Å². The first-order valence-electron chi connectivity index (χ1n) is 9.23. The zero-order valence-corrected chi connectivity index (χ0v) is 18.5. The molecule has 2 aromatic rings. The van der Waals surface area contributed by atoms with Crippen LogP contribution in [0.5, 0.6) is 17.2 Å². The highest BCUT2D eigenvalue weighted by atomic mass is 35.5. The summed E-state index contributed by atoms with van der Waals surface area (Å²) in [5.41, 5.74) is 0.494. The summed E-state index contributed by atoms with van der Waals surface area (Å²) in [6, 6.07) is 7.34. The average Bonchev–Trinajstić information content (AvgIpc) is 3.30. The van der Waals surface area contributed by atoms with E-state index in [2.05, 4.69) is 5.32 Å². The van der Waals surface area contributed by atoms with E-state index in [9.17, 15) is 13.2 Å². The molecule has 1 aliphatic heterocycles. The van der Waals surface area contributed by atoms with Crippen LogP contribution in [0.3, 0.4) is 0 Å². The summed E-state index contributed by atoms with van der Waals surface area (Å²) in [4.78, 5) is 12.8. The molecule has 1 N–H and O–H groups in total. The fourth-order valence-corrected chi connectivity index (χ4v) is 5.17. The predicted octanol–water partition coefficient (Wildman–Crippen LogP) is 3.40. The molecule has 10 heteroatoms. The molecule has 162 valence electrons. The third-order valence-corrected chi connectivity index (χ3v) is 7.05. The number of anilines is 1. The molecule has 1 amide bonds. The van der Waals surface area contributed by atoms with Gasteiger partial charge in [0, 0.05) is 30.8 Å². The summed E-state index contributed by atoms with van der Waals surface area (Å²) < 4.78 is 43.2. The Hall–Kier alpha value is -2.49. The fraction of sp³-hybridized carbons (Fsp3) is 0.350. The highest BCUT2D eigenvalue weighted by Gasteiger charge is 2.30. The Morgan fingerprint density at radius 1 is 0.967 bits per heavy atom. The number of carbonyl (C=O) groups is 1. The van der Waals surface area contributed by atoms with Crippen molar-refractivity contribution in [1.29, 1.82) is 0 Å². The Bertz CT molecular complexity index is 1050. The standard InChI is InChI=1S/C20H23ClN2O6S/c1-27-16-7-6-13(10-19(16)30(25,26)23-8-4-5-9-23)20(24)22-15-12-17(28-2)14(21)11-18(15)29-3/h6-7,10-12H,4-5,8-9H2,1-3H3,(H,22,24). The lowest BCUT2D eigenvalue weighted by Gasteiger charge is -2.18. The van der Waals surface area contributed by atoms with Gasteiger partial charge in [-0.3, -0.25) is 4.79 Å². The molecule has 1 saturated heterocycles. The number of hydrogen-bond donors (Lipinski definition) is 1. The summed E-state index contributed by atoms with van der Waals surface area (Å²) in [7, 11) is 0.521. The molecule has 1 aliphatic rings. The maximum Gasteiger partial charge on any atom is 0.255 e. The number of methoxy groups -OCH3 is 3. The Balaban J connectivity index is 1.96. The van der Waals surface area contributed by atoms with Crippen LogP contribution in [0.4, 0.5) is 5.69 Å². The van der Waals surface area contributed by atoms with Gasteiger partial charge in [0.25, 0.3) is 5.91 Å². The van der Waals surface area contributed by atoms with Gasteiger partial charge in [-0.1, -0.05) is 11.6 Å². The van der Waals surface area contributed by atoms with Gasteiger partial charge in [-0.2, -0.15) is 4.31 Å². The van der Waals surface area contributed by atoms with Crippen LogP contribution in [-0.2, 0) is 10.0 Å². The molecule has 1 fully saturated rings. The molecule has 0 bridgehead atoms. The van der Waals surface area contributed by atoms with E-state index in [1.165, 1.54) is 56.0 Å². The smallest absolute Gasteiger partial charge is 0.255 e. The molecule has 0 spiro atoms. The number of nitrogens with one attached hydrogen (secondary N) is 1. The highest BCUT2D eigenvalue weighted by molar-refractivity contribution is 7.89. The molecule has 0 saturated carbocycles. The van der Waals surface area contributed by atoms with Crippen molar-refractivity contribution in [2.75, 3.05) is 39.7 Å². The number of carbonyl (C=O) groups excluding carboxylic acids is 1. The molecule has 2 aromatic carbocycles. The van der Waals surface area contributed by atoms with Crippen molar-refractivity contribution in [3.8, 4) is 17.2 Å². The van der Waals surface area contributed by atoms with E-state index in [-0.39, 0.29) is 16.2 Å². The van der Waals surface area contributed by atoms with Gasteiger partial charge in [-0.05, 0) is 31.0 Å². The topological polar surface area (TPSA) is 94.2 Å². The summed E-state index contributed by atoms with van der Waals surface area (Å²) in [5, 5.41) is 3.04. The second-order valence-corrected chi connectivity index (χ2v) is 8.93. The molecular formula is C20H23ClN2O6S. The van der Waals surface area contributed by atoms with Gasteiger partial charge in [0.15, 0.2) is 0 Å². The van der Waals surface area contributed by atoms with Crippen LogP contribution in [0.2, 0.25) is 5.02 Å². The third-order valence-electron chi connectivity index (χ3n) is 4.83. The molecule has 0 aromatic heterocycles. The molecule has 8 nitrogen and oxygen atoms in total. The minimum Gasteiger partial charge on any atom is -0.495 e. The monoisotopic (exact) mass is 454 g/mol. The Labute approximate surface area is 180 Å². The first kappa shape index (κ1) is 22.2. The SMILES string of the molecule is COc1cc(NC(=O)c2ccc(OC)c(S(=O)(=O)N3CCCC3)c2)c(OC)cc1Cl. The molecule has 0 unspecified atom stereocenters. The number of sulfonamides is 1. The Morgan fingerprint density at radius 3 is 2.20 bits per heavy atom. The summed E-state index contributed by atoms with van der Waals surface area (Å²) >= 11 is 6.10. The molecule has 3 rings (SSSR count). The van der Waals surface area contributed by atoms with Crippen LogP contribution in [0.25, 0.3) is 0 Å². The van der Waals surface area contributed by atoms with E-state index in [0.717, 1.165) is 12.8 Å². The molecule has 1 heterocycles. The highest BCUT2D eigenvalue weighted by Crippen LogP contribution is 2.36. The van der Waals surface area contributed by atoms with Crippen molar-refractivity contribution in [2.45, 2.75) is 17.7 Å². The van der Waals surface area contributed by atoms with Gasteiger partial charge in [0.2, 0.25) is 10.0 Å². The van der Waals surface area contributed by atoms with Crippen LogP contribution >= 0.6 is 11.6 Å². The first-order valence-corrected chi connectivity index (χ1v) is 11.0.